The number of fused-ring (bicyclic) bond motifs is 1. The van der Waals surface area contributed by atoms with Crippen molar-refractivity contribution in [2.75, 3.05) is 32.2 Å². The van der Waals surface area contributed by atoms with E-state index in [4.69, 9.17) is 21.1 Å². The average molecular weight is 513 g/mol. The van der Waals surface area contributed by atoms with Gasteiger partial charge in [0.2, 0.25) is 0 Å². The normalized spacial score (nSPS) is 14.8. The van der Waals surface area contributed by atoms with Crippen LogP contribution in [0.5, 0.6) is 17.2 Å². The van der Waals surface area contributed by atoms with E-state index in [9.17, 15) is 9.90 Å². The van der Waals surface area contributed by atoms with Gasteiger partial charge in [0.1, 0.15) is 21.9 Å². The number of pyridine rings is 1. The van der Waals surface area contributed by atoms with E-state index < -0.39 is 0 Å². The van der Waals surface area contributed by atoms with E-state index in [2.05, 4.69) is 20.2 Å². The van der Waals surface area contributed by atoms with Crippen LogP contribution in [0.1, 0.15) is 16.8 Å². The van der Waals surface area contributed by atoms with Gasteiger partial charge in [0.25, 0.3) is 5.91 Å². The van der Waals surface area contributed by atoms with Crippen molar-refractivity contribution in [1.29, 1.82) is 0 Å². The van der Waals surface area contributed by atoms with Crippen molar-refractivity contribution in [3.05, 3.63) is 70.7 Å². The summed E-state index contributed by atoms with van der Waals surface area (Å²) in [6, 6.07) is 16.4. The first-order valence-corrected chi connectivity index (χ1v) is 12.2. The zero-order valence-electron chi connectivity index (χ0n) is 19.3. The molecule has 0 bridgehead atoms. The van der Waals surface area contributed by atoms with Crippen molar-refractivity contribution in [3.8, 4) is 17.2 Å². The average Bonchev–Trinajstić information content (AvgIpc) is 3.55. The summed E-state index contributed by atoms with van der Waals surface area (Å²) >= 11 is 7.52. The van der Waals surface area contributed by atoms with Gasteiger partial charge in [-0.2, -0.15) is 0 Å². The maximum absolute atomic E-state index is 12.6. The summed E-state index contributed by atoms with van der Waals surface area (Å²) in [6.07, 6.45) is 0.784. The number of hydrogen-bond acceptors (Lipinski definition) is 8. The molecule has 0 radical (unpaired) electrons. The summed E-state index contributed by atoms with van der Waals surface area (Å²) in [5, 5.41) is 13.5. The zero-order valence-corrected chi connectivity index (χ0v) is 20.8. The Labute approximate surface area is 212 Å². The fourth-order valence-corrected chi connectivity index (χ4v) is 4.59. The second kappa shape index (κ2) is 11.2. The molecule has 1 amide bonds. The second-order valence-corrected chi connectivity index (χ2v) is 9.04. The molecular weight excluding hydrogens is 488 g/mol. The van der Waals surface area contributed by atoms with E-state index in [1.165, 1.54) is 30.6 Å². The van der Waals surface area contributed by atoms with Crippen LogP contribution in [0.3, 0.4) is 0 Å². The molecule has 0 saturated carbocycles. The van der Waals surface area contributed by atoms with E-state index in [0.717, 1.165) is 34.9 Å². The highest BCUT2D eigenvalue weighted by Gasteiger charge is 2.27. The number of carbonyl (C=O) groups excluding carboxylic acids is 1. The number of amides is 1. The summed E-state index contributed by atoms with van der Waals surface area (Å²) in [5.41, 5.74) is 2.76. The van der Waals surface area contributed by atoms with Gasteiger partial charge in [-0.3, -0.25) is 4.79 Å². The van der Waals surface area contributed by atoms with Gasteiger partial charge in [-0.1, -0.05) is 29.8 Å². The summed E-state index contributed by atoms with van der Waals surface area (Å²) in [7, 11) is 3.07. The molecular formula is C25H25ClN4O4S. The first kappa shape index (κ1) is 24.6. The number of aromatic hydroxyl groups is 1. The number of nitrogens with zero attached hydrogens (tertiary/aromatic N) is 3. The Bertz CT molecular complexity index is 1300. The van der Waals surface area contributed by atoms with Crippen molar-refractivity contribution < 1.29 is 19.4 Å². The summed E-state index contributed by atoms with van der Waals surface area (Å²) < 4.78 is 9.97. The number of methoxy groups -OCH3 is 2. The number of rotatable bonds is 5. The third-order valence-corrected chi connectivity index (χ3v) is 6.46. The van der Waals surface area contributed by atoms with Crippen LogP contribution in [0.25, 0.3) is 10.3 Å². The van der Waals surface area contributed by atoms with Crippen LogP contribution < -0.4 is 19.7 Å². The molecule has 2 aromatic carbocycles. The Kier molecular flexibility index (Phi) is 7.89. The number of nitrogens with one attached hydrogen (secondary N) is 1. The largest absolute Gasteiger partial charge is 0.504 e. The molecule has 0 spiro atoms. The van der Waals surface area contributed by atoms with Crippen molar-refractivity contribution >= 4 is 45.0 Å². The van der Waals surface area contributed by atoms with Gasteiger partial charge >= 0.3 is 0 Å². The molecule has 1 aliphatic heterocycles. The van der Waals surface area contributed by atoms with Gasteiger partial charge in [-0.15, -0.1) is 11.3 Å². The molecule has 0 unspecified atom stereocenters. The number of halogens is 1. The summed E-state index contributed by atoms with van der Waals surface area (Å²) in [5.74, 6) is 1.35. The molecule has 0 aliphatic carbocycles. The molecule has 5 rings (SSSR count). The topological polar surface area (TPSA) is 96.8 Å². The maximum Gasteiger partial charge on any atom is 0.255 e. The predicted octanol–water partition coefficient (Wildman–Crippen LogP) is 4.76. The van der Waals surface area contributed by atoms with Crippen LogP contribution in [0.4, 0.5) is 5.82 Å². The third-order valence-electron chi connectivity index (χ3n) is 5.51. The lowest BCUT2D eigenvalue weighted by Gasteiger charge is -2.18. The molecule has 35 heavy (non-hydrogen) atoms. The van der Waals surface area contributed by atoms with Crippen LogP contribution in [0.2, 0.25) is 5.02 Å². The lowest BCUT2D eigenvalue weighted by Crippen LogP contribution is -2.37. The van der Waals surface area contributed by atoms with Gasteiger partial charge in [0.15, 0.2) is 11.5 Å². The van der Waals surface area contributed by atoms with Gasteiger partial charge in [-0.25, -0.2) is 9.97 Å². The highest BCUT2D eigenvalue weighted by molar-refractivity contribution is 7.16. The number of carbonyl (C=O) groups is 1. The number of aromatic nitrogens is 2. The molecule has 1 fully saturated rings. The second-order valence-electron chi connectivity index (χ2n) is 7.77. The molecule has 1 saturated heterocycles. The van der Waals surface area contributed by atoms with Gasteiger partial charge in [0, 0.05) is 30.2 Å². The van der Waals surface area contributed by atoms with Gasteiger partial charge in [-0.05, 0) is 36.8 Å². The number of phenolic OH excluding ortho intramolecular Hbond substituents is 1. The van der Waals surface area contributed by atoms with E-state index in [1.807, 2.05) is 42.5 Å². The third kappa shape index (κ3) is 5.93. The van der Waals surface area contributed by atoms with Crippen molar-refractivity contribution in [3.63, 3.8) is 0 Å². The molecule has 10 heteroatoms. The number of anilines is 1. The molecule has 1 aliphatic rings. The first-order valence-electron chi connectivity index (χ1n) is 10.9. The molecule has 8 nitrogen and oxygen atoms in total. The van der Waals surface area contributed by atoms with Crippen LogP contribution in [-0.2, 0) is 0 Å². The smallest absolute Gasteiger partial charge is 0.255 e. The number of hydrogen-bond donors (Lipinski definition) is 2. The number of benzene rings is 2. The van der Waals surface area contributed by atoms with Crippen molar-refractivity contribution in [1.82, 2.24) is 15.3 Å². The molecule has 3 heterocycles. The Morgan fingerprint density at radius 1 is 1.17 bits per heavy atom. The molecule has 4 aromatic rings. The minimum Gasteiger partial charge on any atom is -0.504 e. The standard InChI is InChI=1S/C18H17ClN4O3S.C7H8O/c1-26-14-7-10(19)6-12(16(14)24)17(25)21-11-4-5-23(8-11)15-3-2-13-18(22-15)27-9-20-13;1-8-7-5-3-2-4-6-7/h2-3,6-7,9,11,24H,4-5,8H2,1H3,(H,21,25);2-6H,1H3/t11-;/m0./s1. The summed E-state index contributed by atoms with van der Waals surface area (Å²) in [6.45, 7) is 1.43. The van der Waals surface area contributed by atoms with Crippen LogP contribution >= 0.6 is 22.9 Å². The Hall–Kier alpha value is -3.56. The maximum atomic E-state index is 12.6. The molecule has 182 valence electrons. The van der Waals surface area contributed by atoms with E-state index in [-0.39, 0.29) is 29.0 Å². The van der Waals surface area contributed by atoms with Crippen LogP contribution in [0.15, 0.2) is 60.1 Å². The zero-order chi connectivity index (χ0) is 24.8. The van der Waals surface area contributed by atoms with Crippen molar-refractivity contribution in [2.45, 2.75) is 12.5 Å². The van der Waals surface area contributed by atoms with E-state index >= 15 is 0 Å². The van der Waals surface area contributed by atoms with E-state index in [0.29, 0.717) is 11.6 Å². The number of thiazole rings is 1. The number of phenols is 1. The monoisotopic (exact) mass is 512 g/mol. The Balaban J connectivity index is 0.000000308. The molecule has 1 atom stereocenters. The highest BCUT2D eigenvalue weighted by atomic mass is 35.5. The fourth-order valence-electron chi connectivity index (χ4n) is 3.73. The molecule has 2 N–H and O–H groups in total. The SMILES string of the molecule is COc1cc(Cl)cc(C(=O)N[C@H]2CCN(c3ccc4ncsc4n3)C2)c1O.COc1ccccc1. The van der Waals surface area contributed by atoms with Crippen LogP contribution in [0, 0.1) is 0 Å². The van der Waals surface area contributed by atoms with Crippen LogP contribution in [-0.4, -0.2) is 54.3 Å². The predicted molar refractivity (Wildman–Crippen MR) is 138 cm³/mol. The first-order chi connectivity index (χ1) is 17.0. The minimum atomic E-state index is -0.383. The summed E-state index contributed by atoms with van der Waals surface area (Å²) in [4.78, 5) is 24.5. The highest BCUT2D eigenvalue weighted by Crippen LogP contribution is 2.33. The molecule has 2 aromatic heterocycles. The van der Waals surface area contributed by atoms with Gasteiger partial charge < -0.3 is 24.8 Å². The fraction of sp³-hybridized carbons (Fsp3) is 0.240. The van der Waals surface area contributed by atoms with Crippen molar-refractivity contribution in [2.24, 2.45) is 0 Å². The number of para-hydroxylation sites is 1. The Morgan fingerprint density at radius 2 is 1.97 bits per heavy atom. The lowest BCUT2D eigenvalue weighted by molar-refractivity contribution is 0.0937. The van der Waals surface area contributed by atoms with Gasteiger partial charge in [0.05, 0.1) is 25.3 Å². The Morgan fingerprint density at radius 3 is 2.69 bits per heavy atom. The lowest BCUT2D eigenvalue weighted by atomic mass is 10.1. The quantitative estimate of drug-likeness (QED) is 0.398. The van der Waals surface area contributed by atoms with E-state index in [1.54, 1.807) is 12.6 Å². The number of ether oxygens (including phenoxy) is 2. The minimum absolute atomic E-state index is 0.0548.